The number of aromatic nitrogens is 2. The van der Waals surface area contributed by atoms with E-state index in [1.54, 1.807) is 0 Å². The summed E-state index contributed by atoms with van der Waals surface area (Å²) in [6.07, 6.45) is 12.1. The first-order chi connectivity index (χ1) is 6.95. The van der Waals surface area contributed by atoms with Crippen LogP contribution in [-0.4, -0.2) is 9.97 Å². The Morgan fingerprint density at radius 1 is 0.857 bits per heavy atom. The highest BCUT2D eigenvalue weighted by Gasteiger charge is 2.02. The minimum atomic E-state index is 1.05. The first kappa shape index (κ1) is 9.63. The molecule has 0 saturated heterocycles. The number of fused-ring (bicyclic) bond motifs is 2. The van der Waals surface area contributed by atoms with Gasteiger partial charge in [0.25, 0.3) is 0 Å². The van der Waals surface area contributed by atoms with Crippen molar-refractivity contribution in [3.63, 3.8) is 0 Å². The fraction of sp³-hybridized carbons (Fsp3) is 0.667. The maximum absolute atomic E-state index is 4.56. The molecule has 0 spiro atoms. The molecule has 76 valence electrons. The smallest absolute Gasteiger partial charge is 0.128 e. The van der Waals surface area contributed by atoms with Crippen molar-refractivity contribution in [3.05, 3.63) is 23.8 Å². The van der Waals surface area contributed by atoms with Gasteiger partial charge in [-0.15, -0.1) is 0 Å². The standard InChI is InChI=1S/C12H18N2/c1-2-4-6-8-12-13-10-9-11(14-12)7-5-3-1/h9-10H,1-8H2. The van der Waals surface area contributed by atoms with E-state index in [0.29, 0.717) is 0 Å². The second kappa shape index (κ2) is 5.08. The van der Waals surface area contributed by atoms with Crippen LogP contribution in [0.15, 0.2) is 12.3 Å². The van der Waals surface area contributed by atoms with Crippen LogP contribution >= 0.6 is 0 Å². The third-order valence-electron chi connectivity index (χ3n) is 2.85. The summed E-state index contributed by atoms with van der Waals surface area (Å²) in [5.41, 5.74) is 1.23. The largest absolute Gasteiger partial charge is 0.241 e. The molecule has 2 rings (SSSR count). The molecule has 0 aliphatic carbocycles. The molecule has 0 fully saturated rings. The normalized spacial score (nSPS) is 18.6. The van der Waals surface area contributed by atoms with Gasteiger partial charge in [0.05, 0.1) is 0 Å². The first-order valence-electron chi connectivity index (χ1n) is 5.76. The van der Waals surface area contributed by atoms with Gasteiger partial charge in [0.2, 0.25) is 0 Å². The SMILES string of the molecule is c1cc2nc(n1)CCCCCCCC2. The highest BCUT2D eigenvalue weighted by Crippen LogP contribution is 2.12. The third kappa shape index (κ3) is 2.79. The number of hydrogen-bond donors (Lipinski definition) is 0. The van der Waals surface area contributed by atoms with E-state index in [1.807, 2.05) is 6.20 Å². The average molecular weight is 190 g/mol. The predicted molar refractivity (Wildman–Crippen MR) is 57.1 cm³/mol. The topological polar surface area (TPSA) is 25.8 Å². The molecule has 0 atom stereocenters. The van der Waals surface area contributed by atoms with Crippen LogP contribution in [0.1, 0.15) is 50.0 Å². The second-order valence-corrected chi connectivity index (χ2v) is 4.09. The summed E-state index contributed by atoms with van der Waals surface area (Å²) in [5.74, 6) is 1.05. The Bertz CT molecular complexity index is 258. The molecule has 0 unspecified atom stereocenters. The van der Waals surface area contributed by atoms with Gasteiger partial charge in [0.15, 0.2) is 0 Å². The van der Waals surface area contributed by atoms with E-state index in [2.05, 4.69) is 16.0 Å². The van der Waals surface area contributed by atoms with Gasteiger partial charge in [-0.1, -0.05) is 25.7 Å². The fourth-order valence-electron chi connectivity index (χ4n) is 2.00. The van der Waals surface area contributed by atoms with Gasteiger partial charge in [-0.25, -0.2) is 9.97 Å². The van der Waals surface area contributed by atoms with Gasteiger partial charge in [-0.3, -0.25) is 0 Å². The van der Waals surface area contributed by atoms with Crippen molar-refractivity contribution in [3.8, 4) is 0 Å². The quantitative estimate of drug-likeness (QED) is 0.628. The van der Waals surface area contributed by atoms with Crippen LogP contribution in [0.5, 0.6) is 0 Å². The average Bonchev–Trinajstić information content (AvgIpc) is 2.25. The van der Waals surface area contributed by atoms with Gasteiger partial charge in [0, 0.05) is 18.3 Å². The molecule has 14 heavy (non-hydrogen) atoms. The van der Waals surface area contributed by atoms with Crippen LogP contribution < -0.4 is 0 Å². The van der Waals surface area contributed by atoms with Crippen molar-refractivity contribution < 1.29 is 0 Å². The van der Waals surface area contributed by atoms with Crippen LogP contribution in [0.2, 0.25) is 0 Å². The summed E-state index contributed by atoms with van der Waals surface area (Å²) in [4.78, 5) is 8.87. The van der Waals surface area contributed by atoms with Crippen LogP contribution in [-0.2, 0) is 12.8 Å². The zero-order valence-electron chi connectivity index (χ0n) is 8.71. The molecule has 1 aromatic rings. The van der Waals surface area contributed by atoms with Gasteiger partial charge in [-0.05, 0) is 25.3 Å². The monoisotopic (exact) mass is 190 g/mol. The van der Waals surface area contributed by atoms with E-state index >= 15 is 0 Å². The second-order valence-electron chi connectivity index (χ2n) is 4.09. The minimum absolute atomic E-state index is 1.05. The molecular weight excluding hydrogens is 172 g/mol. The molecule has 2 heterocycles. The maximum Gasteiger partial charge on any atom is 0.128 e. The third-order valence-corrected chi connectivity index (χ3v) is 2.85. The molecular formula is C12H18N2. The van der Waals surface area contributed by atoms with Crippen molar-refractivity contribution >= 4 is 0 Å². The van der Waals surface area contributed by atoms with E-state index in [9.17, 15) is 0 Å². The summed E-state index contributed by atoms with van der Waals surface area (Å²) < 4.78 is 0. The summed E-state index contributed by atoms with van der Waals surface area (Å²) in [6, 6.07) is 2.06. The Labute approximate surface area is 85.8 Å². The van der Waals surface area contributed by atoms with Crippen molar-refractivity contribution in [1.82, 2.24) is 9.97 Å². The molecule has 0 amide bonds. The zero-order chi connectivity index (χ0) is 9.64. The van der Waals surface area contributed by atoms with Gasteiger partial charge >= 0.3 is 0 Å². The lowest BCUT2D eigenvalue weighted by Crippen LogP contribution is -1.98. The Morgan fingerprint density at radius 2 is 1.57 bits per heavy atom. The highest BCUT2D eigenvalue weighted by atomic mass is 14.9. The molecule has 1 aromatic heterocycles. The molecule has 2 bridgehead atoms. The van der Waals surface area contributed by atoms with Crippen molar-refractivity contribution in [1.29, 1.82) is 0 Å². The van der Waals surface area contributed by atoms with Gasteiger partial charge in [-0.2, -0.15) is 0 Å². The summed E-state index contributed by atoms with van der Waals surface area (Å²) in [5, 5.41) is 0. The number of aryl methyl sites for hydroxylation is 2. The molecule has 0 radical (unpaired) electrons. The molecule has 2 heteroatoms. The predicted octanol–water partition coefficient (Wildman–Crippen LogP) is 2.92. The Balaban J connectivity index is 2.06. The number of rotatable bonds is 0. The van der Waals surface area contributed by atoms with Gasteiger partial charge in [0.1, 0.15) is 5.82 Å². The molecule has 0 saturated carbocycles. The van der Waals surface area contributed by atoms with Crippen molar-refractivity contribution in [2.75, 3.05) is 0 Å². The van der Waals surface area contributed by atoms with Crippen LogP contribution in [0.4, 0.5) is 0 Å². The molecule has 1 aliphatic heterocycles. The summed E-state index contributed by atoms with van der Waals surface area (Å²) >= 11 is 0. The lowest BCUT2D eigenvalue weighted by molar-refractivity contribution is 0.596. The van der Waals surface area contributed by atoms with E-state index < -0.39 is 0 Å². The Morgan fingerprint density at radius 3 is 2.43 bits per heavy atom. The van der Waals surface area contributed by atoms with E-state index in [4.69, 9.17) is 0 Å². The highest BCUT2D eigenvalue weighted by molar-refractivity contribution is 5.02. The summed E-state index contributed by atoms with van der Waals surface area (Å²) in [7, 11) is 0. The van der Waals surface area contributed by atoms with Crippen molar-refractivity contribution in [2.45, 2.75) is 51.4 Å². The molecule has 0 N–H and O–H groups in total. The van der Waals surface area contributed by atoms with Crippen LogP contribution in [0.3, 0.4) is 0 Å². The van der Waals surface area contributed by atoms with Crippen LogP contribution in [0.25, 0.3) is 0 Å². The Kier molecular flexibility index (Phi) is 3.50. The molecule has 2 nitrogen and oxygen atoms in total. The zero-order valence-corrected chi connectivity index (χ0v) is 8.71. The summed E-state index contributed by atoms with van der Waals surface area (Å²) in [6.45, 7) is 0. The lowest BCUT2D eigenvalue weighted by Gasteiger charge is -2.01. The van der Waals surface area contributed by atoms with E-state index in [0.717, 1.165) is 18.7 Å². The number of nitrogens with zero attached hydrogens (tertiary/aromatic N) is 2. The van der Waals surface area contributed by atoms with E-state index in [1.165, 1.54) is 44.2 Å². The van der Waals surface area contributed by atoms with Crippen LogP contribution in [0, 0.1) is 0 Å². The first-order valence-corrected chi connectivity index (χ1v) is 5.76. The lowest BCUT2D eigenvalue weighted by atomic mass is 10.1. The maximum atomic E-state index is 4.56. The van der Waals surface area contributed by atoms with E-state index in [-0.39, 0.29) is 0 Å². The fourth-order valence-corrected chi connectivity index (χ4v) is 2.00. The Hall–Kier alpha value is -0.920. The van der Waals surface area contributed by atoms with Crippen molar-refractivity contribution in [2.24, 2.45) is 0 Å². The number of hydrogen-bond acceptors (Lipinski definition) is 2. The molecule has 0 aromatic carbocycles. The molecule has 1 aliphatic rings. The van der Waals surface area contributed by atoms with Gasteiger partial charge < -0.3 is 0 Å². The minimum Gasteiger partial charge on any atom is -0.241 e.